The second-order valence-corrected chi connectivity index (χ2v) is 7.69. The molecule has 0 spiro atoms. The first-order valence-corrected chi connectivity index (χ1v) is 10.9. The summed E-state index contributed by atoms with van der Waals surface area (Å²) in [7, 11) is 0. The van der Waals surface area contributed by atoms with Crippen LogP contribution in [0.4, 0.5) is 11.4 Å². The maximum atomic E-state index is 13.0. The molecule has 170 valence electrons. The van der Waals surface area contributed by atoms with Gasteiger partial charge in [0.05, 0.1) is 5.52 Å². The van der Waals surface area contributed by atoms with Crippen molar-refractivity contribution in [1.29, 1.82) is 0 Å². The van der Waals surface area contributed by atoms with Crippen LogP contribution in [-0.4, -0.2) is 10.9 Å². The molecule has 0 fully saturated rings. The van der Waals surface area contributed by atoms with Crippen LogP contribution < -0.4 is 15.8 Å². The van der Waals surface area contributed by atoms with Crippen molar-refractivity contribution in [1.82, 2.24) is 4.98 Å². The molecule has 3 N–H and O–H groups in total. The third-order valence-corrected chi connectivity index (χ3v) is 5.50. The maximum absolute atomic E-state index is 13.0. The highest BCUT2D eigenvalue weighted by atomic mass is 35.5. The van der Waals surface area contributed by atoms with E-state index in [9.17, 15) is 4.79 Å². The van der Waals surface area contributed by atoms with Crippen LogP contribution in [-0.2, 0) is 19.4 Å². The van der Waals surface area contributed by atoms with Gasteiger partial charge in [-0.05, 0) is 60.9 Å². The average molecular weight is 462 g/mol. The third kappa shape index (κ3) is 5.62. The van der Waals surface area contributed by atoms with Gasteiger partial charge in [-0.1, -0.05) is 44.2 Å². The van der Waals surface area contributed by atoms with Gasteiger partial charge in [0, 0.05) is 33.6 Å². The normalized spacial score (nSPS) is 10.5. The molecule has 0 atom stereocenters. The van der Waals surface area contributed by atoms with E-state index in [1.54, 1.807) is 6.07 Å². The maximum Gasteiger partial charge on any atom is 0.256 e. The monoisotopic (exact) mass is 461 g/mol. The molecule has 0 unspecified atom stereocenters. The number of nitrogen functional groups attached to an aromatic ring is 1. The second kappa shape index (κ2) is 10.8. The Labute approximate surface area is 200 Å². The van der Waals surface area contributed by atoms with E-state index in [1.165, 1.54) is 5.56 Å². The molecule has 6 heteroatoms. The number of amides is 1. The van der Waals surface area contributed by atoms with E-state index >= 15 is 0 Å². The SMILES string of the molecule is CCc1ccc(OCc2ccccc2C(=O)Nc2ccc3nc(CC)cc(N)c3c2)cc1.Cl. The number of ether oxygens (including phenoxy) is 1. The number of nitrogens with two attached hydrogens (primary N) is 1. The smallest absolute Gasteiger partial charge is 0.256 e. The van der Waals surface area contributed by atoms with Crippen molar-refractivity contribution in [2.45, 2.75) is 33.3 Å². The zero-order valence-corrected chi connectivity index (χ0v) is 19.6. The number of nitrogens with zero attached hydrogens (tertiary/aromatic N) is 1. The fraction of sp³-hybridized carbons (Fsp3) is 0.185. The van der Waals surface area contributed by atoms with Crippen molar-refractivity contribution < 1.29 is 9.53 Å². The van der Waals surface area contributed by atoms with Crippen molar-refractivity contribution in [3.63, 3.8) is 0 Å². The van der Waals surface area contributed by atoms with Gasteiger partial charge < -0.3 is 15.8 Å². The van der Waals surface area contributed by atoms with E-state index in [0.29, 0.717) is 23.5 Å². The minimum absolute atomic E-state index is 0. The zero-order valence-electron chi connectivity index (χ0n) is 18.8. The quantitative estimate of drug-likeness (QED) is 0.343. The molecule has 0 aliphatic carbocycles. The Hall–Kier alpha value is -3.57. The van der Waals surface area contributed by atoms with Crippen molar-refractivity contribution in [2.75, 3.05) is 11.1 Å². The summed E-state index contributed by atoms with van der Waals surface area (Å²) >= 11 is 0. The van der Waals surface area contributed by atoms with Gasteiger partial charge in [0.2, 0.25) is 0 Å². The number of hydrogen-bond acceptors (Lipinski definition) is 4. The van der Waals surface area contributed by atoms with Gasteiger partial charge in [0.1, 0.15) is 12.4 Å². The average Bonchev–Trinajstić information content (AvgIpc) is 2.83. The number of hydrogen-bond donors (Lipinski definition) is 2. The molecule has 33 heavy (non-hydrogen) atoms. The van der Waals surface area contributed by atoms with Crippen LogP contribution in [0.15, 0.2) is 72.8 Å². The van der Waals surface area contributed by atoms with Crippen molar-refractivity contribution in [2.24, 2.45) is 0 Å². The number of carbonyl (C=O) groups excluding carboxylic acids is 1. The van der Waals surface area contributed by atoms with Crippen LogP contribution in [0.1, 0.15) is 41.0 Å². The largest absolute Gasteiger partial charge is 0.489 e. The van der Waals surface area contributed by atoms with Gasteiger partial charge in [0.15, 0.2) is 0 Å². The summed E-state index contributed by atoms with van der Waals surface area (Å²) in [5.74, 6) is 0.586. The molecule has 0 radical (unpaired) electrons. The molecule has 1 amide bonds. The predicted molar refractivity (Wildman–Crippen MR) is 137 cm³/mol. The second-order valence-electron chi connectivity index (χ2n) is 7.69. The zero-order chi connectivity index (χ0) is 22.5. The molecule has 1 aromatic heterocycles. The topological polar surface area (TPSA) is 77.2 Å². The summed E-state index contributed by atoms with van der Waals surface area (Å²) in [6.07, 6.45) is 1.81. The number of pyridine rings is 1. The number of halogens is 1. The number of nitrogens with one attached hydrogen (secondary N) is 1. The van der Waals surface area contributed by atoms with Crippen molar-refractivity contribution in [3.8, 4) is 5.75 Å². The summed E-state index contributed by atoms with van der Waals surface area (Å²) in [5, 5.41) is 3.81. The van der Waals surface area contributed by atoms with Gasteiger partial charge in [-0.2, -0.15) is 0 Å². The first-order chi connectivity index (χ1) is 15.6. The Bertz CT molecular complexity index is 1260. The number of aryl methyl sites for hydroxylation is 2. The summed E-state index contributed by atoms with van der Waals surface area (Å²) in [6.45, 7) is 4.47. The molecular weight excluding hydrogens is 434 g/mol. The van der Waals surface area contributed by atoms with Gasteiger partial charge in [-0.15, -0.1) is 12.4 Å². The third-order valence-electron chi connectivity index (χ3n) is 5.50. The molecule has 0 saturated heterocycles. The summed E-state index contributed by atoms with van der Waals surface area (Å²) in [4.78, 5) is 17.6. The van der Waals surface area contributed by atoms with Crippen LogP contribution in [0.25, 0.3) is 10.9 Å². The van der Waals surface area contributed by atoms with E-state index in [-0.39, 0.29) is 18.3 Å². The van der Waals surface area contributed by atoms with Crippen molar-refractivity contribution in [3.05, 3.63) is 95.2 Å². The molecular formula is C27H28ClN3O2. The molecule has 0 aliphatic rings. The number of carbonyl (C=O) groups is 1. The standard InChI is InChI=1S/C27H27N3O2.ClH/c1-3-18-9-12-22(13-10-18)32-17-19-7-5-6-8-23(19)27(31)30-21-11-14-26-24(15-21)25(28)16-20(4-2)29-26;/h5-16H,3-4,17H2,1-2H3,(H2,28,29)(H,30,31);1H. The molecule has 0 bridgehead atoms. The van der Waals surface area contributed by atoms with Gasteiger partial charge >= 0.3 is 0 Å². The Morgan fingerprint density at radius 2 is 1.73 bits per heavy atom. The minimum Gasteiger partial charge on any atom is -0.489 e. The van der Waals surface area contributed by atoms with Crippen LogP contribution >= 0.6 is 12.4 Å². The highest BCUT2D eigenvalue weighted by Crippen LogP contribution is 2.25. The molecule has 4 aromatic rings. The summed E-state index contributed by atoms with van der Waals surface area (Å²) in [5.41, 5.74) is 12.0. The van der Waals surface area contributed by atoms with E-state index in [0.717, 1.165) is 40.8 Å². The minimum atomic E-state index is -0.193. The number of rotatable bonds is 7. The molecule has 5 nitrogen and oxygen atoms in total. The van der Waals surface area contributed by atoms with Crippen LogP contribution in [0, 0.1) is 0 Å². The Morgan fingerprint density at radius 1 is 0.970 bits per heavy atom. The van der Waals surface area contributed by atoms with E-state index < -0.39 is 0 Å². The highest BCUT2D eigenvalue weighted by Gasteiger charge is 2.13. The fourth-order valence-corrected chi connectivity index (χ4v) is 3.62. The molecule has 3 aromatic carbocycles. The summed E-state index contributed by atoms with van der Waals surface area (Å²) < 4.78 is 5.92. The van der Waals surface area contributed by atoms with Gasteiger partial charge in [-0.25, -0.2) is 0 Å². The van der Waals surface area contributed by atoms with Crippen LogP contribution in [0.2, 0.25) is 0 Å². The summed E-state index contributed by atoms with van der Waals surface area (Å²) in [6, 6.07) is 23.0. The lowest BCUT2D eigenvalue weighted by molar-refractivity contribution is 0.102. The van der Waals surface area contributed by atoms with Crippen LogP contribution in [0.3, 0.4) is 0 Å². The highest BCUT2D eigenvalue weighted by molar-refractivity contribution is 6.06. The predicted octanol–water partition coefficient (Wildman–Crippen LogP) is 6.19. The van der Waals surface area contributed by atoms with Gasteiger partial charge in [0.25, 0.3) is 5.91 Å². The molecule has 4 rings (SSSR count). The molecule has 0 aliphatic heterocycles. The van der Waals surface area contributed by atoms with E-state index in [1.807, 2.05) is 61.5 Å². The van der Waals surface area contributed by atoms with E-state index in [2.05, 4.69) is 29.4 Å². The van der Waals surface area contributed by atoms with Gasteiger partial charge in [-0.3, -0.25) is 9.78 Å². The number of anilines is 2. The Balaban J connectivity index is 0.00000306. The number of aromatic nitrogens is 1. The lowest BCUT2D eigenvalue weighted by atomic mass is 10.1. The first-order valence-electron chi connectivity index (χ1n) is 10.9. The van der Waals surface area contributed by atoms with Crippen molar-refractivity contribution >= 4 is 40.6 Å². The fourth-order valence-electron chi connectivity index (χ4n) is 3.62. The van der Waals surface area contributed by atoms with E-state index in [4.69, 9.17) is 10.5 Å². The molecule has 1 heterocycles. The van der Waals surface area contributed by atoms with Crippen LogP contribution in [0.5, 0.6) is 5.75 Å². The number of fused-ring (bicyclic) bond motifs is 1. The Kier molecular flexibility index (Phi) is 7.91. The Morgan fingerprint density at radius 3 is 2.45 bits per heavy atom. The lowest BCUT2D eigenvalue weighted by Gasteiger charge is -2.13. The number of benzene rings is 3. The molecule has 0 saturated carbocycles. The lowest BCUT2D eigenvalue weighted by Crippen LogP contribution is -2.15. The first kappa shape index (κ1) is 24.1.